The summed E-state index contributed by atoms with van der Waals surface area (Å²) in [6, 6.07) is 7.38. The highest BCUT2D eigenvalue weighted by Crippen LogP contribution is 2.28. The molecule has 0 aliphatic rings. The maximum absolute atomic E-state index is 12.4. The third-order valence-corrected chi connectivity index (χ3v) is 4.65. The van der Waals surface area contributed by atoms with Crippen LogP contribution < -0.4 is 15.0 Å². The summed E-state index contributed by atoms with van der Waals surface area (Å²) in [5, 5.41) is 0. The van der Waals surface area contributed by atoms with Gasteiger partial charge in [-0.15, -0.1) is 0 Å². The van der Waals surface area contributed by atoms with Crippen molar-refractivity contribution in [3.05, 3.63) is 51.4 Å². The van der Waals surface area contributed by atoms with Gasteiger partial charge in [0, 0.05) is 23.8 Å². The van der Waals surface area contributed by atoms with Crippen LogP contribution >= 0.6 is 15.9 Å². The van der Waals surface area contributed by atoms with E-state index in [1.807, 2.05) is 0 Å². The highest BCUT2D eigenvalue weighted by Gasteiger charge is 2.20. The van der Waals surface area contributed by atoms with Crippen LogP contribution in [0.5, 0.6) is 5.75 Å². The number of sulfonamides is 1. The fourth-order valence-corrected chi connectivity index (χ4v) is 3.48. The van der Waals surface area contributed by atoms with Crippen LogP contribution in [-0.2, 0) is 17.1 Å². The number of methoxy groups -OCH3 is 1. The van der Waals surface area contributed by atoms with Gasteiger partial charge in [-0.1, -0.05) is 15.9 Å². The lowest BCUT2D eigenvalue weighted by molar-refractivity contribution is 0.403. The molecular weight excluding hydrogens is 360 g/mol. The molecule has 112 valence electrons. The van der Waals surface area contributed by atoms with Gasteiger partial charge in [0.15, 0.2) is 0 Å². The first-order chi connectivity index (χ1) is 9.83. The van der Waals surface area contributed by atoms with Crippen LogP contribution in [0.1, 0.15) is 0 Å². The van der Waals surface area contributed by atoms with Gasteiger partial charge in [0.1, 0.15) is 10.6 Å². The molecule has 21 heavy (non-hydrogen) atoms. The van der Waals surface area contributed by atoms with Crippen LogP contribution in [0.2, 0.25) is 0 Å². The Hall–Kier alpha value is -1.80. The van der Waals surface area contributed by atoms with E-state index in [4.69, 9.17) is 4.74 Å². The van der Waals surface area contributed by atoms with Crippen molar-refractivity contribution in [2.24, 2.45) is 7.05 Å². The molecule has 1 heterocycles. The van der Waals surface area contributed by atoms with Crippen molar-refractivity contribution in [3.63, 3.8) is 0 Å². The number of anilines is 1. The van der Waals surface area contributed by atoms with E-state index in [0.29, 0.717) is 10.2 Å². The van der Waals surface area contributed by atoms with E-state index >= 15 is 0 Å². The summed E-state index contributed by atoms with van der Waals surface area (Å²) in [4.78, 5) is 11.3. The van der Waals surface area contributed by atoms with Crippen molar-refractivity contribution in [3.8, 4) is 5.75 Å². The zero-order valence-corrected chi connectivity index (χ0v) is 13.7. The summed E-state index contributed by atoms with van der Waals surface area (Å²) in [5.41, 5.74) is 0.0668. The molecule has 0 radical (unpaired) electrons. The van der Waals surface area contributed by atoms with Gasteiger partial charge in [0.05, 0.1) is 12.8 Å². The number of ether oxygens (including phenoxy) is 1. The molecule has 1 aromatic heterocycles. The SMILES string of the molecule is COc1ccc(Br)cc1S(=O)(=O)Nc1ccc(=O)n(C)c1. The Balaban J connectivity index is 2.45. The molecule has 1 aromatic carbocycles. The van der Waals surface area contributed by atoms with Crippen LogP contribution in [0.25, 0.3) is 0 Å². The fourth-order valence-electron chi connectivity index (χ4n) is 1.72. The highest BCUT2D eigenvalue weighted by molar-refractivity contribution is 9.10. The van der Waals surface area contributed by atoms with Crippen molar-refractivity contribution in [1.29, 1.82) is 0 Å². The number of nitrogens with one attached hydrogen (secondary N) is 1. The molecular formula is C13H13BrN2O4S. The molecule has 0 atom stereocenters. The van der Waals surface area contributed by atoms with E-state index in [-0.39, 0.29) is 16.2 Å². The number of benzene rings is 1. The molecule has 0 aliphatic heterocycles. The molecule has 0 aliphatic carbocycles. The zero-order valence-electron chi connectivity index (χ0n) is 11.3. The Labute approximate surface area is 130 Å². The van der Waals surface area contributed by atoms with Crippen molar-refractivity contribution >= 4 is 31.6 Å². The largest absolute Gasteiger partial charge is 0.495 e. The van der Waals surface area contributed by atoms with E-state index in [2.05, 4.69) is 20.7 Å². The average molecular weight is 373 g/mol. The van der Waals surface area contributed by atoms with Crippen LogP contribution in [0.4, 0.5) is 5.69 Å². The predicted molar refractivity (Wildman–Crippen MR) is 83.2 cm³/mol. The number of rotatable bonds is 4. The second kappa shape index (κ2) is 5.90. The zero-order chi connectivity index (χ0) is 15.6. The molecule has 0 saturated heterocycles. The molecule has 0 amide bonds. The Bertz CT molecular complexity index is 830. The summed E-state index contributed by atoms with van der Waals surface area (Å²) >= 11 is 3.23. The second-order valence-electron chi connectivity index (χ2n) is 4.27. The molecule has 0 unspecified atom stereocenters. The summed E-state index contributed by atoms with van der Waals surface area (Å²) < 4.78 is 34.3. The van der Waals surface area contributed by atoms with Gasteiger partial charge >= 0.3 is 0 Å². The number of pyridine rings is 1. The summed E-state index contributed by atoms with van der Waals surface area (Å²) in [7, 11) is -0.890. The maximum atomic E-state index is 12.4. The van der Waals surface area contributed by atoms with E-state index in [0.717, 1.165) is 0 Å². The topological polar surface area (TPSA) is 77.4 Å². The van der Waals surface area contributed by atoms with Crippen molar-refractivity contribution in [2.45, 2.75) is 4.90 Å². The van der Waals surface area contributed by atoms with E-state index < -0.39 is 10.0 Å². The molecule has 0 bridgehead atoms. The summed E-state index contributed by atoms with van der Waals surface area (Å²) in [5.74, 6) is 0.232. The first kappa shape index (κ1) is 15.6. The van der Waals surface area contributed by atoms with Crippen LogP contribution in [-0.4, -0.2) is 20.1 Å². The van der Waals surface area contributed by atoms with Gasteiger partial charge in [-0.3, -0.25) is 9.52 Å². The molecule has 0 saturated carbocycles. The van der Waals surface area contributed by atoms with Crippen LogP contribution in [0.15, 0.2) is 50.7 Å². The molecule has 8 heteroatoms. The number of hydrogen-bond donors (Lipinski definition) is 1. The van der Waals surface area contributed by atoms with Gasteiger partial charge < -0.3 is 9.30 Å². The lowest BCUT2D eigenvalue weighted by atomic mass is 10.3. The lowest BCUT2D eigenvalue weighted by Gasteiger charge is -2.12. The molecule has 6 nitrogen and oxygen atoms in total. The quantitative estimate of drug-likeness (QED) is 0.889. The van der Waals surface area contributed by atoms with Gasteiger partial charge in [0.2, 0.25) is 5.56 Å². The highest BCUT2D eigenvalue weighted by atomic mass is 79.9. The van der Waals surface area contributed by atoms with Gasteiger partial charge in [0.25, 0.3) is 10.0 Å². The third-order valence-electron chi connectivity index (χ3n) is 2.75. The van der Waals surface area contributed by atoms with Crippen LogP contribution in [0, 0.1) is 0 Å². The van der Waals surface area contributed by atoms with Gasteiger partial charge in [-0.05, 0) is 24.3 Å². The lowest BCUT2D eigenvalue weighted by Crippen LogP contribution is -2.18. The predicted octanol–water partition coefficient (Wildman–Crippen LogP) is 1.96. The molecule has 1 N–H and O–H groups in total. The molecule has 0 spiro atoms. The van der Waals surface area contributed by atoms with E-state index in [1.54, 1.807) is 19.2 Å². The minimum absolute atomic E-state index is 0.00762. The minimum Gasteiger partial charge on any atom is -0.495 e. The normalized spacial score (nSPS) is 11.2. The average Bonchev–Trinajstić information content (AvgIpc) is 2.42. The Morgan fingerprint density at radius 3 is 2.57 bits per heavy atom. The number of aryl methyl sites for hydroxylation is 1. The Kier molecular flexibility index (Phi) is 4.38. The number of nitrogens with zero attached hydrogens (tertiary/aromatic N) is 1. The maximum Gasteiger partial charge on any atom is 0.265 e. The van der Waals surface area contributed by atoms with E-state index in [9.17, 15) is 13.2 Å². The van der Waals surface area contributed by atoms with E-state index in [1.165, 1.54) is 36.1 Å². The summed E-state index contributed by atoms with van der Waals surface area (Å²) in [6.07, 6.45) is 1.41. The van der Waals surface area contributed by atoms with Crippen LogP contribution in [0.3, 0.4) is 0 Å². The van der Waals surface area contributed by atoms with Gasteiger partial charge in [-0.25, -0.2) is 8.42 Å². The monoisotopic (exact) mass is 372 g/mol. The Morgan fingerprint density at radius 1 is 1.24 bits per heavy atom. The number of aromatic nitrogens is 1. The fraction of sp³-hybridized carbons (Fsp3) is 0.154. The third kappa shape index (κ3) is 3.45. The number of hydrogen-bond acceptors (Lipinski definition) is 4. The molecule has 0 fully saturated rings. The first-order valence-corrected chi connectivity index (χ1v) is 8.14. The second-order valence-corrected chi connectivity index (χ2v) is 6.83. The van der Waals surface area contributed by atoms with Crippen molar-refractivity contribution in [1.82, 2.24) is 4.57 Å². The Morgan fingerprint density at radius 2 is 1.95 bits per heavy atom. The van der Waals surface area contributed by atoms with Crippen molar-refractivity contribution < 1.29 is 13.2 Å². The first-order valence-electron chi connectivity index (χ1n) is 5.86. The summed E-state index contributed by atoms with van der Waals surface area (Å²) in [6.45, 7) is 0. The molecule has 2 rings (SSSR count). The standard InChI is InChI=1S/C13H13BrN2O4S/c1-16-8-10(4-6-13(16)17)15-21(18,19)12-7-9(14)3-5-11(12)20-2/h3-8,15H,1-2H3. The van der Waals surface area contributed by atoms with Crippen molar-refractivity contribution in [2.75, 3.05) is 11.8 Å². The number of halogens is 1. The van der Waals surface area contributed by atoms with Gasteiger partial charge in [-0.2, -0.15) is 0 Å². The minimum atomic E-state index is -3.83. The smallest absolute Gasteiger partial charge is 0.265 e. The molecule has 2 aromatic rings.